The van der Waals surface area contributed by atoms with Gasteiger partial charge in [0.2, 0.25) is 11.3 Å². The Morgan fingerprint density at radius 3 is 2.29 bits per heavy atom. The second kappa shape index (κ2) is 3.09. The molecule has 0 aromatic rings. The van der Waals surface area contributed by atoms with Crippen LogP contribution in [0.3, 0.4) is 0 Å². The highest BCUT2D eigenvalue weighted by Crippen LogP contribution is 1.70. The molecule has 44 valence electrons. The zero-order chi connectivity index (χ0) is 5.86. The lowest BCUT2D eigenvalue weighted by Gasteiger charge is -1.98. The number of aliphatic hydroxyl groups excluding tert-OH is 1. The molecule has 4 nitrogen and oxygen atoms in total. The first-order valence-corrected chi connectivity index (χ1v) is 2.78. The summed E-state index contributed by atoms with van der Waals surface area (Å²) in [6, 6.07) is 0. The first-order valence-electron chi connectivity index (χ1n) is 1.68. The van der Waals surface area contributed by atoms with E-state index in [2.05, 4.69) is 0 Å². The van der Waals surface area contributed by atoms with E-state index in [-0.39, 0.29) is 0 Å². The van der Waals surface area contributed by atoms with Gasteiger partial charge in [-0.2, -0.15) is 4.72 Å². The molecular formula is C2H7NO3S. The summed E-state index contributed by atoms with van der Waals surface area (Å²) >= 11 is -2.10. The highest BCUT2D eigenvalue weighted by molar-refractivity contribution is 7.77. The summed E-state index contributed by atoms with van der Waals surface area (Å²) < 4.78 is 19.5. The van der Waals surface area contributed by atoms with Crippen molar-refractivity contribution in [1.82, 2.24) is 4.72 Å². The molecule has 0 spiro atoms. The highest BCUT2D eigenvalue weighted by atomic mass is 32.2. The van der Waals surface area contributed by atoms with E-state index in [9.17, 15) is 4.21 Å². The van der Waals surface area contributed by atoms with Crippen LogP contribution in [0.2, 0.25) is 0 Å². The normalized spacial score (nSPS) is 18.7. The fourth-order valence-corrected chi connectivity index (χ4v) is 0.438. The van der Waals surface area contributed by atoms with Crippen molar-refractivity contribution in [3.8, 4) is 0 Å². The SMILES string of the molecule is CC(O)NS(=O)O. The Kier molecular flexibility index (Phi) is 3.10. The van der Waals surface area contributed by atoms with Gasteiger partial charge >= 0.3 is 0 Å². The van der Waals surface area contributed by atoms with Gasteiger partial charge in [-0.15, -0.1) is 0 Å². The molecule has 0 aliphatic rings. The van der Waals surface area contributed by atoms with Gasteiger partial charge in [0.25, 0.3) is 0 Å². The van der Waals surface area contributed by atoms with Crippen molar-refractivity contribution in [2.45, 2.75) is 13.2 Å². The molecule has 0 heterocycles. The minimum atomic E-state index is -2.10. The Morgan fingerprint density at radius 2 is 2.29 bits per heavy atom. The second-order valence-electron chi connectivity index (χ2n) is 1.04. The van der Waals surface area contributed by atoms with Gasteiger partial charge < -0.3 is 5.11 Å². The number of rotatable bonds is 2. The Bertz CT molecular complexity index is 73.3. The van der Waals surface area contributed by atoms with Crippen LogP contribution in [-0.2, 0) is 11.3 Å². The average molecular weight is 125 g/mol. The van der Waals surface area contributed by atoms with Crippen molar-refractivity contribution in [1.29, 1.82) is 0 Å². The minimum Gasteiger partial charge on any atom is -0.378 e. The molecule has 0 fully saturated rings. The molecule has 0 saturated heterocycles. The number of hydrogen-bond acceptors (Lipinski definition) is 2. The predicted octanol–water partition coefficient (Wildman–Crippen LogP) is -0.949. The molecular weight excluding hydrogens is 118 g/mol. The number of nitrogens with one attached hydrogen (secondary N) is 1. The van der Waals surface area contributed by atoms with Gasteiger partial charge in [-0.1, -0.05) is 0 Å². The topological polar surface area (TPSA) is 69.6 Å². The zero-order valence-electron chi connectivity index (χ0n) is 3.79. The Morgan fingerprint density at radius 1 is 1.86 bits per heavy atom. The van der Waals surface area contributed by atoms with Crippen molar-refractivity contribution in [3.63, 3.8) is 0 Å². The van der Waals surface area contributed by atoms with Gasteiger partial charge in [-0.25, -0.2) is 4.21 Å². The van der Waals surface area contributed by atoms with Gasteiger partial charge in [0.05, 0.1) is 0 Å². The lowest BCUT2D eigenvalue weighted by atomic mass is 10.7. The molecule has 0 aliphatic heterocycles. The predicted molar refractivity (Wildman–Crippen MR) is 25.6 cm³/mol. The average Bonchev–Trinajstić information content (AvgIpc) is 1.27. The molecule has 0 rings (SSSR count). The van der Waals surface area contributed by atoms with Crippen LogP contribution in [0.4, 0.5) is 0 Å². The molecule has 0 radical (unpaired) electrons. The van der Waals surface area contributed by atoms with Crippen molar-refractivity contribution in [3.05, 3.63) is 0 Å². The maximum absolute atomic E-state index is 9.65. The molecule has 2 unspecified atom stereocenters. The zero-order valence-corrected chi connectivity index (χ0v) is 4.60. The Hall–Kier alpha value is 0.0300. The van der Waals surface area contributed by atoms with Crippen LogP contribution in [-0.4, -0.2) is 20.1 Å². The van der Waals surface area contributed by atoms with Gasteiger partial charge in [-0.05, 0) is 6.92 Å². The molecule has 5 heteroatoms. The van der Waals surface area contributed by atoms with Crippen LogP contribution in [0.1, 0.15) is 6.92 Å². The molecule has 0 amide bonds. The molecule has 0 aliphatic carbocycles. The largest absolute Gasteiger partial charge is 0.378 e. The molecule has 7 heavy (non-hydrogen) atoms. The molecule has 0 aromatic heterocycles. The van der Waals surface area contributed by atoms with Crippen LogP contribution < -0.4 is 4.72 Å². The summed E-state index contributed by atoms with van der Waals surface area (Å²) in [4.78, 5) is 0. The maximum atomic E-state index is 9.65. The quantitative estimate of drug-likeness (QED) is 0.329. The third-order valence-corrected chi connectivity index (χ3v) is 0.814. The first-order chi connectivity index (χ1) is 3.13. The third kappa shape index (κ3) is 6.03. The molecule has 3 N–H and O–H groups in total. The standard InChI is InChI=1S/C2H7NO3S/c1-2(4)3-7(5)6/h2-4H,1H3,(H,5,6). The van der Waals surface area contributed by atoms with E-state index < -0.39 is 17.5 Å². The smallest absolute Gasteiger partial charge is 0.233 e. The van der Waals surface area contributed by atoms with E-state index in [0.717, 1.165) is 0 Å². The van der Waals surface area contributed by atoms with Crippen LogP contribution in [0.15, 0.2) is 0 Å². The van der Waals surface area contributed by atoms with Gasteiger partial charge in [0.15, 0.2) is 0 Å². The maximum Gasteiger partial charge on any atom is 0.233 e. The van der Waals surface area contributed by atoms with Gasteiger partial charge in [0.1, 0.15) is 6.23 Å². The third-order valence-electron chi connectivity index (χ3n) is 0.271. The molecule has 0 aromatic carbocycles. The minimum absolute atomic E-state index is 0.925. The second-order valence-corrected chi connectivity index (χ2v) is 1.78. The van der Waals surface area contributed by atoms with Crippen molar-refractivity contribution >= 4 is 11.3 Å². The highest BCUT2D eigenvalue weighted by Gasteiger charge is 1.94. The van der Waals surface area contributed by atoms with Gasteiger partial charge in [-0.3, -0.25) is 4.55 Å². The fourth-order valence-electron chi connectivity index (χ4n) is 0.146. The summed E-state index contributed by atoms with van der Waals surface area (Å²) in [5.74, 6) is 0. The summed E-state index contributed by atoms with van der Waals surface area (Å²) in [5.41, 5.74) is 0. The summed E-state index contributed by atoms with van der Waals surface area (Å²) in [6.07, 6.45) is -0.925. The van der Waals surface area contributed by atoms with E-state index in [4.69, 9.17) is 9.66 Å². The molecule has 0 bridgehead atoms. The Balaban J connectivity index is 3.13. The van der Waals surface area contributed by atoms with E-state index in [1.807, 2.05) is 4.72 Å². The lowest BCUT2D eigenvalue weighted by molar-refractivity contribution is 0.183. The van der Waals surface area contributed by atoms with Crippen LogP contribution >= 0.6 is 0 Å². The number of hydrogen-bond donors (Lipinski definition) is 3. The number of aliphatic hydroxyl groups is 1. The van der Waals surface area contributed by atoms with Crippen molar-refractivity contribution in [2.75, 3.05) is 0 Å². The summed E-state index contributed by atoms with van der Waals surface area (Å²) in [5, 5.41) is 8.26. The Labute approximate surface area is 44.0 Å². The van der Waals surface area contributed by atoms with Crippen LogP contribution in [0, 0.1) is 0 Å². The molecule has 2 atom stereocenters. The van der Waals surface area contributed by atoms with E-state index in [0.29, 0.717) is 0 Å². The van der Waals surface area contributed by atoms with E-state index >= 15 is 0 Å². The van der Waals surface area contributed by atoms with Crippen LogP contribution in [0.5, 0.6) is 0 Å². The van der Waals surface area contributed by atoms with Crippen LogP contribution in [0.25, 0.3) is 0 Å². The summed E-state index contributed by atoms with van der Waals surface area (Å²) in [6.45, 7) is 1.36. The van der Waals surface area contributed by atoms with Crippen molar-refractivity contribution in [2.24, 2.45) is 0 Å². The summed E-state index contributed by atoms with van der Waals surface area (Å²) in [7, 11) is 0. The first kappa shape index (κ1) is 7.03. The van der Waals surface area contributed by atoms with Gasteiger partial charge in [0, 0.05) is 0 Å². The lowest BCUT2D eigenvalue weighted by Crippen LogP contribution is -2.26. The molecule has 0 saturated carbocycles. The monoisotopic (exact) mass is 125 g/mol. The van der Waals surface area contributed by atoms with E-state index in [1.54, 1.807) is 0 Å². The van der Waals surface area contributed by atoms with Crippen molar-refractivity contribution < 1.29 is 13.9 Å². The fraction of sp³-hybridized carbons (Fsp3) is 1.00. The van der Waals surface area contributed by atoms with E-state index in [1.165, 1.54) is 6.92 Å².